The lowest BCUT2D eigenvalue weighted by Gasteiger charge is -2.42. The maximum absolute atomic E-state index is 12.1. The Morgan fingerprint density at radius 3 is 2.20 bits per heavy atom. The molecular weight excluding hydrogens is 248 g/mol. The molecule has 1 amide bonds. The minimum atomic E-state index is -0.248. The molecule has 0 aromatic heterocycles. The van der Waals surface area contributed by atoms with Crippen molar-refractivity contribution < 1.29 is 4.79 Å². The van der Waals surface area contributed by atoms with Crippen LogP contribution < -0.4 is 0 Å². The monoisotopic (exact) mass is 280 g/mol. The van der Waals surface area contributed by atoms with Crippen LogP contribution >= 0.6 is 0 Å². The molecule has 0 bridgehead atoms. The zero-order valence-corrected chi connectivity index (χ0v) is 13.8. The van der Waals surface area contributed by atoms with E-state index in [1.807, 2.05) is 32.7 Å². The van der Waals surface area contributed by atoms with E-state index in [9.17, 15) is 4.79 Å². The van der Waals surface area contributed by atoms with E-state index in [4.69, 9.17) is 0 Å². The third kappa shape index (κ3) is 3.97. The molecule has 20 heavy (non-hydrogen) atoms. The summed E-state index contributed by atoms with van der Waals surface area (Å²) >= 11 is 0. The Morgan fingerprint density at radius 2 is 1.75 bits per heavy atom. The molecule has 0 aromatic rings. The highest BCUT2D eigenvalue weighted by Crippen LogP contribution is 2.30. The quantitative estimate of drug-likeness (QED) is 0.790. The fourth-order valence-electron chi connectivity index (χ4n) is 3.41. The Balaban J connectivity index is 1.66. The van der Waals surface area contributed by atoms with Crippen molar-refractivity contribution in [3.8, 4) is 0 Å². The average molecular weight is 280 g/mol. The van der Waals surface area contributed by atoms with Crippen LogP contribution in [0.2, 0.25) is 0 Å². The molecule has 0 radical (unpaired) electrons. The molecule has 0 unspecified atom stereocenters. The summed E-state index contributed by atoms with van der Waals surface area (Å²) in [5.41, 5.74) is -0.248. The number of hydrogen-bond donors (Lipinski definition) is 0. The lowest BCUT2D eigenvalue weighted by Crippen LogP contribution is -2.45. The van der Waals surface area contributed by atoms with Gasteiger partial charge in [0.25, 0.3) is 0 Å². The predicted molar refractivity (Wildman–Crippen MR) is 83.6 cm³/mol. The van der Waals surface area contributed by atoms with E-state index in [1.165, 1.54) is 51.6 Å². The first kappa shape index (κ1) is 15.8. The lowest BCUT2D eigenvalue weighted by molar-refractivity contribution is -0.138. The summed E-state index contributed by atoms with van der Waals surface area (Å²) in [4.78, 5) is 16.8. The maximum Gasteiger partial charge on any atom is 0.227 e. The van der Waals surface area contributed by atoms with Crippen LogP contribution in [0.15, 0.2) is 0 Å². The zero-order chi connectivity index (χ0) is 14.8. The van der Waals surface area contributed by atoms with Gasteiger partial charge in [0, 0.05) is 25.0 Å². The Labute approximate surface area is 124 Å². The van der Waals surface area contributed by atoms with Gasteiger partial charge in [0.15, 0.2) is 0 Å². The summed E-state index contributed by atoms with van der Waals surface area (Å²) in [6.45, 7) is 9.50. The Bertz CT molecular complexity index is 322. The largest absolute Gasteiger partial charge is 0.345 e. The van der Waals surface area contributed by atoms with E-state index in [2.05, 4.69) is 4.90 Å². The zero-order valence-electron chi connectivity index (χ0n) is 13.8. The van der Waals surface area contributed by atoms with Crippen molar-refractivity contribution in [2.45, 2.75) is 65.3 Å². The van der Waals surface area contributed by atoms with Crippen molar-refractivity contribution in [2.24, 2.45) is 11.3 Å². The van der Waals surface area contributed by atoms with E-state index < -0.39 is 0 Å². The fraction of sp³-hybridized carbons (Fsp3) is 0.941. The third-order valence-electron chi connectivity index (χ3n) is 5.10. The first-order chi connectivity index (χ1) is 9.38. The van der Waals surface area contributed by atoms with Gasteiger partial charge in [0.1, 0.15) is 0 Å². The van der Waals surface area contributed by atoms with Crippen molar-refractivity contribution in [2.75, 3.05) is 26.7 Å². The number of nitrogens with zero attached hydrogens (tertiary/aromatic N) is 2. The van der Waals surface area contributed by atoms with Crippen molar-refractivity contribution >= 4 is 5.91 Å². The normalized spacial score (nSPS) is 22.6. The van der Waals surface area contributed by atoms with Gasteiger partial charge in [-0.3, -0.25) is 4.79 Å². The molecule has 2 fully saturated rings. The molecule has 1 heterocycles. The summed E-state index contributed by atoms with van der Waals surface area (Å²) in [6, 6.07) is 0.904. The second-order valence-electron chi connectivity index (χ2n) is 7.83. The molecule has 1 aliphatic carbocycles. The van der Waals surface area contributed by atoms with Crippen LogP contribution in [0.4, 0.5) is 0 Å². The molecule has 0 aromatic carbocycles. The topological polar surface area (TPSA) is 23.6 Å². The number of hydrogen-bond acceptors (Lipinski definition) is 2. The van der Waals surface area contributed by atoms with Crippen molar-refractivity contribution in [3.05, 3.63) is 0 Å². The Morgan fingerprint density at radius 1 is 1.15 bits per heavy atom. The van der Waals surface area contributed by atoms with Crippen LogP contribution in [0.5, 0.6) is 0 Å². The first-order valence-corrected chi connectivity index (χ1v) is 8.37. The highest BCUT2D eigenvalue weighted by Gasteiger charge is 2.29. The van der Waals surface area contributed by atoms with Crippen LogP contribution in [0.25, 0.3) is 0 Å². The molecule has 1 saturated carbocycles. The summed E-state index contributed by atoms with van der Waals surface area (Å²) in [5.74, 6) is 1.09. The summed E-state index contributed by atoms with van der Waals surface area (Å²) in [5, 5.41) is 0. The number of carbonyl (C=O) groups is 1. The van der Waals surface area contributed by atoms with Gasteiger partial charge >= 0.3 is 0 Å². The molecule has 2 aliphatic rings. The third-order valence-corrected chi connectivity index (χ3v) is 5.10. The van der Waals surface area contributed by atoms with E-state index in [0.29, 0.717) is 0 Å². The Kier molecular flexibility index (Phi) is 5.11. The Hall–Kier alpha value is -0.570. The highest BCUT2D eigenvalue weighted by atomic mass is 16.2. The number of piperidine rings is 1. The van der Waals surface area contributed by atoms with Crippen LogP contribution in [0.3, 0.4) is 0 Å². The molecule has 0 spiro atoms. The van der Waals surface area contributed by atoms with E-state index in [0.717, 1.165) is 18.5 Å². The average Bonchev–Trinajstić information content (AvgIpc) is 2.33. The van der Waals surface area contributed by atoms with Crippen LogP contribution in [0.1, 0.15) is 59.3 Å². The van der Waals surface area contributed by atoms with Gasteiger partial charge in [-0.1, -0.05) is 27.2 Å². The SMILES string of the molecule is CN(CCC1CCN(C2CCC2)CC1)C(=O)C(C)(C)C. The van der Waals surface area contributed by atoms with Gasteiger partial charge in [-0.25, -0.2) is 0 Å². The van der Waals surface area contributed by atoms with Gasteiger partial charge in [-0.05, 0) is 51.1 Å². The van der Waals surface area contributed by atoms with Gasteiger partial charge in [-0.15, -0.1) is 0 Å². The maximum atomic E-state index is 12.1. The molecule has 116 valence electrons. The second kappa shape index (κ2) is 6.46. The minimum Gasteiger partial charge on any atom is -0.345 e. The second-order valence-corrected chi connectivity index (χ2v) is 7.83. The van der Waals surface area contributed by atoms with Crippen LogP contribution in [-0.4, -0.2) is 48.4 Å². The summed E-state index contributed by atoms with van der Waals surface area (Å²) in [7, 11) is 1.96. The van der Waals surface area contributed by atoms with Crippen molar-refractivity contribution in [1.29, 1.82) is 0 Å². The number of likely N-dealkylation sites (tertiary alicyclic amines) is 1. The molecule has 1 aliphatic heterocycles. The highest BCUT2D eigenvalue weighted by molar-refractivity contribution is 5.81. The molecule has 0 atom stereocenters. The first-order valence-electron chi connectivity index (χ1n) is 8.37. The standard InChI is InChI=1S/C17H32N2O/c1-17(2,3)16(20)18(4)11-8-14-9-12-19(13-10-14)15-6-5-7-15/h14-15H,5-13H2,1-4H3. The lowest BCUT2D eigenvalue weighted by atomic mass is 9.86. The molecule has 3 heteroatoms. The minimum absolute atomic E-state index is 0.248. The number of carbonyl (C=O) groups excluding carboxylic acids is 1. The number of amides is 1. The molecular formula is C17H32N2O. The van der Waals surface area contributed by atoms with Gasteiger partial charge in [0.05, 0.1) is 0 Å². The molecule has 0 N–H and O–H groups in total. The summed E-state index contributed by atoms with van der Waals surface area (Å²) < 4.78 is 0. The van der Waals surface area contributed by atoms with Crippen molar-refractivity contribution in [3.63, 3.8) is 0 Å². The predicted octanol–water partition coefficient (Wildman–Crippen LogP) is 3.15. The van der Waals surface area contributed by atoms with Crippen molar-refractivity contribution in [1.82, 2.24) is 9.80 Å². The molecule has 3 nitrogen and oxygen atoms in total. The summed E-state index contributed by atoms with van der Waals surface area (Å²) in [6.07, 6.45) is 8.12. The smallest absolute Gasteiger partial charge is 0.227 e. The fourth-order valence-corrected chi connectivity index (χ4v) is 3.41. The van der Waals surface area contributed by atoms with E-state index in [-0.39, 0.29) is 11.3 Å². The number of rotatable bonds is 4. The van der Waals surface area contributed by atoms with E-state index in [1.54, 1.807) is 0 Å². The van der Waals surface area contributed by atoms with Crippen LogP contribution in [-0.2, 0) is 4.79 Å². The van der Waals surface area contributed by atoms with Crippen LogP contribution in [0, 0.1) is 11.3 Å². The van der Waals surface area contributed by atoms with Gasteiger partial charge in [-0.2, -0.15) is 0 Å². The van der Waals surface area contributed by atoms with E-state index >= 15 is 0 Å². The molecule has 1 saturated heterocycles. The molecule has 2 rings (SSSR count). The van der Waals surface area contributed by atoms with Gasteiger partial charge in [0.2, 0.25) is 5.91 Å². The van der Waals surface area contributed by atoms with Gasteiger partial charge < -0.3 is 9.80 Å².